The first-order valence-corrected chi connectivity index (χ1v) is 7.53. The molecular formula is C14H24N4O7. The SMILES string of the molecule is CC(C)C[C@H](NC(=O)[C@H](CC(N)=O)NC(=O)[C@@H](N)CC(=O)O)C(=O)O. The lowest BCUT2D eigenvalue weighted by molar-refractivity contribution is -0.143. The van der Waals surface area contributed by atoms with Crippen molar-refractivity contribution in [1.29, 1.82) is 0 Å². The number of nitrogens with two attached hydrogens (primary N) is 2. The number of hydrogen-bond donors (Lipinski definition) is 6. The Bertz CT molecular complexity index is 535. The standard InChI is InChI=1S/C14H24N4O7/c1-6(2)3-9(14(24)25)18-13(23)8(5-10(16)19)17-12(22)7(15)4-11(20)21/h6-9H,3-5,15H2,1-2H3,(H2,16,19)(H,17,22)(H,18,23)(H,20,21)(H,24,25)/t7-,8-,9-/m0/s1. The zero-order valence-electron chi connectivity index (χ0n) is 14.0. The summed E-state index contributed by atoms with van der Waals surface area (Å²) in [5, 5.41) is 22.1. The first kappa shape index (κ1) is 22.3. The number of hydrogen-bond acceptors (Lipinski definition) is 6. The Hall–Kier alpha value is -2.69. The van der Waals surface area contributed by atoms with Crippen LogP contribution < -0.4 is 22.1 Å². The summed E-state index contributed by atoms with van der Waals surface area (Å²) in [7, 11) is 0. The third-order valence-electron chi connectivity index (χ3n) is 3.09. The number of primary amides is 1. The molecule has 0 spiro atoms. The summed E-state index contributed by atoms with van der Waals surface area (Å²) in [6.07, 6.45) is -1.13. The molecule has 0 aromatic carbocycles. The normalized spacial score (nSPS) is 14.2. The van der Waals surface area contributed by atoms with Crippen molar-refractivity contribution in [2.24, 2.45) is 17.4 Å². The van der Waals surface area contributed by atoms with Crippen molar-refractivity contribution in [2.45, 2.75) is 51.2 Å². The van der Waals surface area contributed by atoms with Crippen LogP contribution in [0.5, 0.6) is 0 Å². The number of carbonyl (C=O) groups excluding carboxylic acids is 3. The lowest BCUT2D eigenvalue weighted by Gasteiger charge is -2.22. The second kappa shape index (κ2) is 10.2. The zero-order valence-corrected chi connectivity index (χ0v) is 14.0. The van der Waals surface area contributed by atoms with Crippen molar-refractivity contribution in [3.63, 3.8) is 0 Å². The Balaban J connectivity index is 5.08. The van der Waals surface area contributed by atoms with Gasteiger partial charge in [0.05, 0.1) is 18.9 Å². The molecule has 0 aliphatic carbocycles. The van der Waals surface area contributed by atoms with Crippen molar-refractivity contribution >= 4 is 29.7 Å². The number of carboxylic acids is 2. The first-order chi connectivity index (χ1) is 11.4. The van der Waals surface area contributed by atoms with Crippen LogP contribution in [0.3, 0.4) is 0 Å². The molecule has 3 atom stereocenters. The molecule has 0 aromatic rings. The third kappa shape index (κ3) is 9.25. The third-order valence-corrected chi connectivity index (χ3v) is 3.09. The molecule has 0 fully saturated rings. The highest BCUT2D eigenvalue weighted by molar-refractivity contribution is 5.95. The Morgan fingerprint density at radius 1 is 0.920 bits per heavy atom. The molecule has 11 nitrogen and oxygen atoms in total. The maximum absolute atomic E-state index is 12.2. The molecule has 3 amide bonds. The van der Waals surface area contributed by atoms with Crippen molar-refractivity contribution in [3.05, 3.63) is 0 Å². The van der Waals surface area contributed by atoms with Crippen LogP contribution in [0.1, 0.15) is 33.1 Å². The Labute approximate surface area is 144 Å². The van der Waals surface area contributed by atoms with Gasteiger partial charge in [0.15, 0.2) is 0 Å². The molecule has 11 heteroatoms. The molecular weight excluding hydrogens is 336 g/mol. The number of carboxylic acid groups (broad SMARTS) is 2. The Kier molecular flexibility index (Phi) is 9.13. The molecule has 0 unspecified atom stereocenters. The molecule has 0 radical (unpaired) electrons. The predicted molar refractivity (Wildman–Crippen MR) is 85.0 cm³/mol. The van der Waals surface area contributed by atoms with Gasteiger partial charge in [0, 0.05) is 0 Å². The topological polar surface area (TPSA) is 202 Å². The van der Waals surface area contributed by atoms with Gasteiger partial charge in [-0.05, 0) is 12.3 Å². The quantitative estimate of drug-likeness (QED) is 0.237. The van der Waals surface area contributed by atoms with E-state index < -0.39 is 60.6 Å². The Morgan fingerprint density at radius 2 is 1.44 bits per heavy atom. The average Bonchev–Trinajstić information content (AvgIpc) is 2.43. The second-order valence-electron chi connectivity index (χ2n) is 5.96. The van der Waals surface area contributed by atoms with Crippen LogP contribution in [0.15, 0.2) is 0 Å². The van der Waals surface area contributed by atoms with Gasteiger partial charge in [0.25, 0.3) is 0 Å². The maximum Gasteiger partial charge on any atom is 0.326 e. The van der Waals surface area contributed by atoms with Crippen LogP contribution in [-0.2, 0) is 24.0 Å². The summed E-state index contributed by atoms with van der Waals surface area (Å²) < 4.78 is 0. The van der Waals surface area contributed by atoms with E-state index in [1.54, 1.807) is 13.8 Å². The fraction of sp³-hybridized carbons (Fsp3) is 0.643. The van der Waals surface area contributed by atoms with Gasteiger partial charge in [-0.15, -0.1) is 0 Å². The number of carbonyl (C=O) groups is 5. The van der Waals surface area contributed by atoms with E-state index in [0.29, 0.717) is 0 Å². The lowest BCUT2D eigenvalue weighted by Crippen LogP contribution is -2.55. The van der Waals surface area contributed by atoms with E-state index in [1.165, 1.54) is 0 Å². The molecule has 0 aliphatic heterocycles. The van der Waals surface area contributed by atoms with Gasteiger partial charge in [-0.25, -0.2) is 4.79 Å². The van der Waals surface area contributed by atoms with E-state index in [4.69, 9.17) is 21.7 Å². The van der Waals surface area contributed by atoms with Crippen LogP contribution in [0.25, 0.3) is 0 Å². The van der Waals surface area contributed by atoms with Crippen LogP contribution >= 0.6 is 0 Å². The van der Waals surface area contributed by atoms with Gasteiger partial charge in [0.1, 0.15) is 12.1 Å². The number of rotatable bonds is 11. The molecule has 0 bridgehead atoms. The number of nitrogens with one attached hydrogen (secondary N) is 2. The minimum atomic E-state index is -1.46. The van der Waals surface area contributed by atoms with E-state index in [1.807, 2.05) is 0 Å². The zero-order chi connectivity index (χ0) is 19.7. The van der Waals surface area contributed by atoms with E-state index in [0.717, 1.165) is 0 Å². The van der Waals surface area contributed by atoms with E-state index in [-0.39, 0.29) is 12.3 Å². The maximum atomic E-state index is 12.2. The summed E-state index contributed by atoms with van der Waals surface area (Å²) in [6.45, 7) is 3.52. The molecule has 0 saturated heterocycles. The van der Waals surface area contributed by atoms with Crippen molar-refractivity contribution in [1.82, 2.24) is 10.6 Å². The second-order valence-corrected chi connectivity index (χ2v) is 5.96. The predicted octanol–water partition coefficient (Wildman–Crippen LogP) is -2.24. The van der Waals surface area contributed by atoms with Crippen molar-refractivity contribution < 1.29 is 34.2 Å². The molecule has 0 aromatic heterocycles. The van der Waals surface area contributed by atoms with Gasteiger partial charge in [0.2, 0.25) is 17.7 Å². The van der Waals surface area contributed by atoms with Gasteiger partial charge in [-0.1, -0.05) is 13.8 Å². The van der Waals surface area contributed by atoms with Gasteiger partial charge in [-0.2, -0.15) is 0 Å². The summed E-state index contributed by atoms with van der Waals surface area (Å²) in [5.41, 5.74) is 10.4. The molecule has 0 aliphatic rings. The van der Waals surface area contributed by atoms with Crippen LogP contribution in [0.4, 0.5) is 0 Å². The Morgan fingerprint density at radius 3 is 1.84 bits per heavy atom. The summed E-state index contributed by atoms with van der Waals surface area (Å²) in [6, 6.07) is -4.11. The highest BCUT2D eigenvalue weighted by Gasteiger charge is 2.29. The van der Waals surface area contributed by atoms with Crippen molar-refractivity contribution in [2.75, 3.05) is 0 Å². The van der Waals surface area contributed by atoms with E-state index in [9.17, 15) is 24.0 Å². The summed E-state index contributed by atoms with van der Waals surface area (Å²) >= 11 is 0. The van der Waals surface area contributed by atoms with E-state index >= 15 is 0 Å². The molecule has 8 N–H and O–H groups in total. The molecule has 142 valence electrons. The first-order valence-electron chi connectivity index (χ1n) is 7.53. The molecule has 0 saturated carbocycles. The fourth-order valence-electron chi connectivity index (χ4n) is 1.94. The minimum Gasteiger partial charge on any atom is -0.481 e. The van der Waals surface area contributed by atoms with Gasteiger partial charge in [-0.3, -0.25) is 19.2 Å². The molecule has 25 heavy (non-hydrogen) atoms. The van der Waals surface area contributed by atoms with Crippen LogP contribution in [0, 0.1) is 5.92 Å². The van der Waals surface area contributed by atoms with Crippen LogP contribution in [-0.4, -0.2) is 58.0 Å². The molecule has 0 heterocycles. The number of aliphatic carboxylic acids is 2. The fourth-order valence-corrected chi connectivity index (χ4v) is 1.94. The average molecular weight is 360 g/mol. The summed E-state index contributed by atoms with van der Waals surface area (Å²) in [5.74, 6) is -5.44. The summed E-state index contributed by atoms with van der Waals surface area (Å²) in [4.78, 5) is 56.9. The van der Waals surface area contributed by atoms with Gasteiger partial charge >= 0.3 is 11.9 Å². The smallest absolute Gasteiger partial charge is 0.326 e. The highest BCUT2D eigenvalue weighted by Crippen LogP contribution is 2.06. The van der Waals surface area contributed by atoms with Crippen molar-refractivity contribution in [3.8, 4) is 0 Å². The minimum absolute atomic E-state index is 0.0328. The highest BCUT2D eigenvalue weighted by atomic mass is 16.4. The van der Waals surface area contributed by atoms with Crippen LogP contribution in [0.2, 0.25) is 0 Å². The monoisotopic (exact) mass is 360 g/mol. The van der Waals surface area contributed by atoms with Gasteiger partial charge < -0.3 is 32.3 Å². The molecule has 0 rings (SSSR count). The van der Waals surface area contributed by atoms with E-state index in [2.05, 4.69) is 10.6 Å². The largest absolute Gasteiger partial charge is 0.481 e. The number of amides is 3. The lowest BCUT2D eigenvalue weighted by atomic mass is 10.0.